The normalized spacial score (nSPS) is 16.2. The zero-order valence-electron chi connectivity index (χ0n) is 17.4. The molecule has 166 valence electrons. The Bertz CT molecular complexity index is 737. The van der Waals surface area contributed by atoms with Gasteiger partial charge in [0.25, 0.3) is 0 Å². The van der Waals surface area contributed by atoms with Gasteiger partial charge in [-0.3, -0.25) is 4.99 Å². The van der Waals surface area contributed by atoms with E-state index in [1.807, 2.05) is 24.3 Å². The lowest BCUT2D eigenvalue weighted by Gasteiger charge is -2.30. The van der Waals surface area contributed by atoms with E-state index in [0.717, 1.165) is 37.2 Å². The van der Waals surface area contributed by atoms with Crippen molar-refractivity contribution in [2.75, 3.05) is 58.6 Å². The molecular weight excluding hydrogens is 507 g/mol. The zero-order chi connectivity index (χ0) is 20.4. The monoisotopic (exact) mass is 540 g/mol. The SMILES string of the molecule is CN=C(NCC1CCN(S(C)(=O)=O)CC1)Nc1cccc(OCCCOC)c1.I. The van der Waals surface area contributed by atoms with Gasteiger partial charge in [-0.05, 0) is 30.9 Å². The third-order valence-electron chi connectivity index (χ3n) is 4.68. The van der Waals surface area contributed by atoms with E-state index in [1.54, 1.807) is 18.5 Å². The van der Waals surface area contributed by atoms with Crippen molar-refractivity contribution >= 4 is 45.6 Å². The third-order valence-corrected chi connectivity index (χ3v) is 5.99. The molecule has 0 unspecified atom stereocenters. The summed E-state index contributed by atoms with van der Waals surface area (Å²) in [6.45, 7) is 3.21. The molecule has 0 saturated carbocycles. The molecular formula is C19H33IN4O4S. The predicted molar refractivity (Wildman–Crippen MR) is 128 cm³/mol. The van der Waals surface area contributed by atoms with E-state index in [4.69, 9.17) is 9.47 Å². The Labute approximate surface area is 191 Å². The molecule has 10 heteroatoms. The number of sulfonamides is 1. The molecule has 1 aromatic carbocycles. The Morgan fingerprint density at radius 1 is 1.28 bits per heavy atom. The maximum absolute atomic E-state index is 11.6. The summed E-state index contributed by atoms with van der Waals surface area (Å²) in [6.07, 6.45) is 3.81. The predicted octanol–water partition coefficient (Wildman–Crippen LogP) is 2.38. The highest BCUT2D eigenvalue weighted by Gasteiger charge is 2.24. The summed E-state index contributed by atoms with van der Waals surface area (Å²) < 4.78 is 35.5. The van der Waals surface area contributed by atoms with Gasteiger partial charge in [-0.2, -0.15) is 0 Å². The standard InChI is InChI=1S/C19H32N4O4S.HI/c1-20-19(21-15-16-8-10-23(11-9-16)28(3,24)25)22-17-6-4-7-18(14-17)27-13-5-12-26-2;/h4,6-7,14,16H,5,8-13,15H2,1-3H3,(H2,20,21,22);1H. The number of piperidine rings is 1. The minimum absolute atomic E-state index is 0. The van der Waals surface area contributed by atoms with E-state index in [1.165, 1.54) is 6.26 Å². The summed E-state index contributed by atoms with van der Waals surface area (Å²) in [4.78, 5) is 4.27. The number of halogens is 1. The van der Waals surface area contributed by atoms with Gasteiger partial charge >= 0.3 is 0 Å². The number of methoxy groups -OCH3 is 1. The van der Waals surface area contributed by atoms with Crippen LogP contribution in [0.25, 0.3) is 0 Å². The number of benzene rings is 1. The van der Waals surface area contributed by atoms with Gasteiger partial charge in [-0.15, -0.1) is 24.0 Å². The molecule has 2 rings (SSSR count). The fourth-order valence-electron chi connectivity index (χ4n) is 3.06. The van der Waals surface area contributed by atoms with Gasteiger partial charge in [-0.1, -0.05) is 6.07 Å². The minimum Gasteiger partial charge on any atom is -0.493 e. The summed E-state index contributed by atoms with van der Waals surface area (Å²) in [5.74, 6) is 1.90. The Hall–Kier alpha value is -1.11. The molecule has 1 fully saturated rings. The first kappa shape index (κ1) is 25.9. The fraction of sp³-hybridized carbons (Fsp3) is 0.632. The molecule has 1 aliphatic rings. The van der Waals surface area contributed by atoms with Crippen molar-refractivity contribution in [3.05, 3.63) is 24.3 Å². The first-order valence-corrected chi connectivity index (χ1v) is 11.4. The lowest BCUT2D eigenvalue weighted by Crippen LogP contribution is -2.42. The Kier molecular flexibility index (Phi) is 11.8. The van der Waals surface area contributed by atoms with Crippen molar-refractivity contribution in [1.82, 2.24) is 9.62 Å². The minimum atomic E-state index is -3.08. The van der Waals surface area contributed by atoms with E-state index in [9.17, 15) is 8.42 Å². The quantitative estimate of drug-likeness (QED) is 0.216. The average Bonchev–Trinajstić information content (AvgIpc) is 2.68. The van der Waals surface area contributed by atoms with Gasteiger partial charge in [0.15, 0.2) is 5.96 Å². The van der Waals surface area contributed by atoms with Crippen LogP contribution in [0.3, 0.4) is 0 Å². The van der Waals surface area contributed by atoms with Gasteiger partial charge in [0, 0.05) is 58.6 Å². The van der Waals surface area contributed by atoms with Crippen LogP contribution < -0.4 is 15.4 Å². The molecule has 0 aliphatic carbocycles. The number of guanidine groups is 1. The Balaban J connectivity index is 0.00000420. The van der Waals surface area contributed by atoms with Crippen LogP contribution in [0.1, 0.15) is 19.3 Å². The van der Waals surface area contributed by atoms with Crippen molar-refractivity contribution in [3.63, 3.8) is 0 Å². The van der Waals surface area contributed by atoms with E-state index >= 15 is 0 Å². The number of anilines is 1. The summed E-state index contributed by atoms with van der Waals surface area (Å²) in [5, 5.41) is 6.61. The summed E-state index contributed by atoms with van der Waals surface area (Å²) >= 11 is 0. The second kappa shape index (κ2) is 13.2. The molecule has 1 aromatic rings. The van der Waals surface area contributed by atoms with E-state index in [-0.39, 0.29) is 24.0 Å². The lowest BCUT2D eigenvalue weighted by molar-refractivity contribution is 0.172. The lowest BCUT2D eigenvalue weighted by atomic mass is 9.98. The molecule has 0 amide bonds. The summed E-state index contributed by atoms with van der Waals surface area (Å²) in [7, 11) is 0.325. The molecule has 0 atom stereocenters. The van der Waals surface area contributed by atoms with Crippen LogP contribution in [0.4, 0.5) is 5.69 Å². The smallest absolute Gasteiger partial charge is 0.211 e. The van der Waals surface area contributed by atoms with Crippen LogP contribution in [-0.4, -0.2) is 71.9 Å². The van der Waals surface area contributed by atoms with Crippen LogP contribution >= 0.6 is 24.0 Å². The number of ether oxygens (including phenoxy) is 2. The van der Waals surface area contributed by atoms with E-state index in [2.05, 4.69) is 15.6 Å². The topological polar surface area (TPSA) is 92.3 Å². The molecule has 0 radical (unpaired) electrons. The van der Waals surface area contributed by atoms with Gasteiger partial charge in [0.05, 0.1) is 12.9 Å². The number of nitrogens with zero attached hydrogens (tertiary/aromatic N) is 2. The molecule has 0 bridgehead atoms. The molecule has 1 aliphatic heterocycles. The molecule has 0 aromatic heterocycles. The molecule has 8 nitrogen and oxygen atoms in total. The van der Waals surface area contributed by atoms with Crippen LogP contribution in [0, 0.1) is 5.92 Å². The van der Waals surface area contributed by atoms with Crippen molar-refractivity contribution in [3.8, 4) is 5.75 Å². The van der Waals surface area contributed by atoms with Gasteiger partial charge in [0.2, 0.25) is 10.0 Å². The van der Waals surface area contributed by atoms with Crippen molar-refractivity contribution < 1.29 is 17.9 Å². The number of rotatable bonds is 9. The highest BCUT2D eigenvalue weighted by atomic mass is 127. The molecule has 29 heavy (non-hydrogen) atoms. The number of nitrogens with one attached hydrogen (secondary N) is 2. The van der Waals surface area contributed by atoms with Crippen molar-refractivity contribution in [2.24, 2.45) is 10.9 Å². The second-order valence-corrected chi connectivity index (χ2v) is 8.89. The number of hydrogen-bond acceptors (Lipinski definition) is 5. The van der Waals surface area contributed by atoms with Gasteiger partial charge in [0.1, 0.15) is 5.75 Å². The first-order chi connectivity index (χ1) is 13.4. The van der Waals surface area contributed by atoms with E-state index in [0.29, 0.717) is 38.2 Å². The van der Waals surface area contributed by atoms with Gasteiger partial charge in [-0.25, -0.2) is 12.7 Å². The Morgan fingerprint density at radius 3 is 2.62 bits per heavy atom. The number of aliphatic imine (C=N–C) groups is 1. The molecule has 0 spiro atoms. The van der Waals surface area contributed by atoms with Gasteiger partial charge < -0.3 is 20.1 Å². The maximum atomic E-state index is 11.6. The summed E-state index contributed by atoms with van der Waals surface area (Å²) in [6, 6.07) is 7.75. The van der Waals surface area contributed by atoms with E-state index < -0.39 is 10.0 Å². The molecule has 1 heterocycles. The van der Waals surface area contributed by atoms with Crippen molar-refractivity contribution in [2.45, 2.75) is 19.3 Å². The van der Waals surface area contributed by atoms with Crippen LogP contribution in [0.2, 0.25) is 0 Å². The zero-order valence-corrected chi connectivity index (χ0v) is 20.5. The van der Waals surface area contributed by atoms with Crippen molar-refractivity contribution in [1.29, 1.82) is 0 Å². The van der Waals surface area contributed by atoms with Crippen LogP contribution in [-0.2, 0) is 14.8 Å². The largest absolute Gasteiger partial charge is 0.493 e. The first-order valence-electron chi connectivity index (χ1n) is 9.57. The molecule has 1 saturated heterocycles. The second-order valence-electron chi connectivity index (χ2n) is 6.91. The average molecular weight is 540 g/mol. The highest BCUT2D eigenvalue weighted by molar-refractivity contribution is 14.0. The summed E-state index contributed by atoms with van der Waals surface area (Å²) in [5.41, 5.74) is 0.893. The van der Waals surface area contributed by atoms with Crippen LogP contribution in [0.5, 0.6) is 5.75 Å². The fourth-order valence-corrected chi connectivity index (χ4v) is 3.93. The van der Waals surface area contributed by atoms with Crippen LogP contribution in [0.15, 0.2) is 29.3 Å². The third kappa shape index (κ3) is 9.49. The number of hydrogen-bond donors (Lipinski definition) is 2. The maximum Gasteiger partial charge on any atom is 0.211 e. The molecule has 2 N–H and O–H groups in total. The highest BCUT2D eigenvalue weighted by Crippen LogP contribution is 2.19. The Morgan fingerprint density at radius 2 is 2.00 bits per heavy atom.